The predicted octanol–water partition coefficient (Wildman–Crippen LogP) is 4.91. The van der Waals surface area contributed by atoms with E-state index in [2.05, 4.69) is 15.5 Å². The second-order valence-corrected chi connectivity index (χ2v) is 9.56. The van der Waals surface area contributed by atoms with Crippen LogP contribution in [0.3, 0.4) is 0 Å². The number of carbonyl (C=O) groups is 1. The van der Waals surface area contributed by atoms with Gasteiger partial charge in [-0.3, -0.25) is 14.6 Å². The molecule has 0 fully saturated rings. The van der Waals surface area contributed by atoms with Gasteiger partial charge in [-0.25, -0.2) is 14.8 Å². The molecule has 0 aliphatic heterocycles. The van der Waals surface area contributed by atoms with Crippen molar-refractivity contribution in [1.82, 2.24) is 14.4 Å². The van der Waals surface area contributed by atoms with Gasteiger partial charge in [-0.1, -0.05) is 30.3 Å². The second-order valence-electron chi connectivity index (χ2n) is 7.29. The highest BCUT2D eigenvalue weighted by atomic mass is 32.2. The van der Waals surface area contributed by atoms with Gasteiger partial charge in [0.15, 0.2) is 4.34 Å². The van der Waals surface area contributed by atoms with E-state index in [1.165, 1.54) is 39.8 Å². The zero-order chi connectivity index (χ0) is 23.7. The Bertz CT molecular complexity index is 1610. The number of anilines is 1. The molecule has 168 valence electrons. The Balaban J connectivity index is 1.58. The van der Waals surface area contributed by atoms with Gasteiger partial charge in [-0.15, -0.1) is 11.3 Å². The molecule has 2 N–H and O–H groups in total. The van der Waals surface area contributed by atoms with Crippen LogP contribution in [0.5, 0.6) is 0 Å². The van der Waals surface area contributed by atoms with Crippen molar-refractivity contribution in [2.45, 2.75) is 16.3 Å². The molecule has 0 radical (unpaired) electrons. The van der Waals surface area contributed by atoms with E-state index < -0.39 is 5.97 Å². The van der Waals surface area contributed by atoms with E-state index in [-0.39, 0.29) is 16.7 Å². The number of hydrazone groups is 1. The fourth-order valence-corrected chi connectivity index (χ4v) is 5.45. The van der Waals surface area contributed by atoms with Crippen LogP contribution in [-0.4, -0.2) is 31.7 Å². The van der Waals surface area contributed by atoms with Gasteiger partial charge in [0.25, 0.3) is 5.56 Å². The molecule has 2 aromatic carbocycles. The first-order valence-electron chi connectivity index (χ1n) is 10.2. The Hall–Kier alpha value is -4.02. The number of para-hydroxylation sites is 2. The summed E-state index contributed by atoms with van der Waals surface area (Å²) in [6.45, 7) is 1.89. The molecule has 3 aromatic heterocycles. The lowest BCUT2D eigenvalue weighted by atomic mass is 10.2. The third-order valence-corrected chi connectivity index (χ3v) is 7.15. The Kier molecular flexibility index (Phi) is 5.83. The van der Waals surface area contributed by atoms with Crippen LogP contribution in [0, 0.1) is 6.92 Å². The van der Waals surface area contributed by atoms with Gasteiger partial charge in [0.05, 0.1) is 33.2 Å². The Labute approximate surface area is 201 Å². The molecule has 34 heavy (non-hydrogen) atoms. The van der Waals surface area contributed by atoms with E-state index in [4.69, 9.17) is 4.98 Å². The lowest BCUT2D eigenvalue weighted by Crippen LogP contribution is -2.21. The number of aromatic carboxylic acids is 1. The molecule has 0 spiro atoms. The van der Waals surface area contributed by atoms with E-state index in [1.54, 1.807) is 30.5 Å². The van der Waals surface area contributed by atoms with Crippen molar-refractivity contribution in [3.63, 3.8) is 0 Å². The van der Waals surface area contributed by atoms with Gasteiger partial charge in [0.2, 0.25) is 0 Å². The fourth-order valence-electron chi connectivity index (χ4n) is 3.39. The van der Waals surface area contributed by atoms with E-state index in [0.717, 1.165) is 20.1 Å². The third-order valence-electron chi connectivity index (χ3n) is 5.04. The van der Waals surface area contributed by atoms with Crippen molar-refractivity contribution in [3.8, 4) is 0 Å². The van der Waals surface area contributed by atoms with Gasteiger partial charge >= 0.3 is 5.97 Å². The van der Waals surface area contributed by atoms with E-state index in [1.807, 2.05) is 37.3 Å². The molecule has 0 aliphatic carbocycles. The third kappa shape index (κ3) is 4.16. The molecule has 0 atom stereocenters. The molecule has 0 aliphatic rings. The largest absolute Gasteiger partial charge is 0.478 e. The Morgan fingerprint density at radius 1 is 1.12 bits per heavy atom. The van der Waals surface area contributed by atoms with Crippen molar-refractivity contribution in [1.29, 1.82) is 0 Å². The van der Waals surface area contributed by atoms with Crippen LogP contribution >= 0.6 is 23.1 Å². The first-order chi connectivity index (χ1) is 16.5. The quantitative estimate of drug-likeness (QED) is 0.199. The summed E-state index contributed by atoms with van der Waals surface area (Å²) in [5.41, 5.74) is 5.41. The van der Waals surface area contributed by atoms with Gasteiger partial charge in [-0.2, -0.15) is 5.10 Å². The van der Waals surface area contributed by atoms with Gasteiger partial charge in [-0.05, 0) is 54.6 Å². The molecule has 5 rings (SSSR count). The standard InChI is InChI=1S/C24H17N5O3S2/c1-14-7-6-12-29-20(14)27-21(34-24-26-18-10-4-5-11-19(18)33-24)16(22(29)30)13-25-28-17-9-3-2-8-15(17)23(31)32/h2-13,28H,1H3,(H,31,32)/b25-13+. The van der Waals surface area contributed by atoms with E-state index in [0.29, 0.717) is 16.4 Å². The number of pyridine rings is 1. The molecule has 3 heterocycles. The van der Waals surface area contributed by atoms with Crippen LogP contribution in [0.2, 0.25) is 0 Å². The summed E-state index contributed by atoms with van der Waals surface area (Å²) in [6, 6.07) is 17.9. The van der Waals surface area contributed by atoms with Gasteiger partial charge in [0.1, 0.15) is 10.7 Å². The molecule has 10 heteroatoms. The summed E-state index contributed by atoms with van der Waals surface area (Å²) in [5, 5.41) is 14.0. The highest BCUT2D eigenvalue weighted by Crippen LogP contribution is 2.34. The first-order valence-corrected chi connectivity index (χ1v) is 11.8. The van der Waals surface area contributed by atoms with Crippen LogP contribution in [0.1, 0.15) is 21.5 Å². The number of hydrogen-bond acceptors (Lipinski definition) is 8. The lowest BCUT2D eigenvalue weighted by Gasteiger charge is -2.09. The maximum absolute atomic E-state index is 13.4. The molecular weight excluding hydrogens is 470 g/mol. The SMILES string of the molecule is Cc1cccn2c(=O)c(/C=N/Nc3ccccc3C(=O)O)c(Sc3nc4ccccc4s3)nc12. The summed E-state index contributed by atoms with van der Waals surface area (Å²) in [7, 11) is 0. The number of aromatic nitrogens is 3. The lowest BCUT2D eigenvalue weighted by molar-refractivity contribution is 0.0698. The average molecular weight is 488 g/mol. The van der Waals surface area contributed by atoms with Crippen molar-refractivity contribution < 1.29 is 9.90 Å². The maximum Gasteiger partial charge on any atom is 0.337 e. The summed E-state index contributed by atoms with van der Waals surface area (Å²) in [4.78, 5) is 34.2. The van der Waals surface area contributed by atoms with Crippen LogP contribution in [0.4, 0.5) is 5.69 Å². The van der Waals surface area contributed by atoms with Crippen molar-refractivity contribution in [2.24, 2.45) is 5.10 Å². The number of hydrogen-bond donors (Lipinski definition) is 2. The van der Waals surface area contributed by atoms with Crippen molar-refractivity contribution >= 4 is 56.8 Å². The second kappa shape index (κ2) is 9.08. The predicted molar refractivity (Wildman–Crippen MR) is 135 cm³/mol. The molecule has 0 unspecified atom stereocenters. The Morgan fingerprint density at radius 2 is 1.91 bits per heavy atom. The van der Waals surface area contributed by atoms with Crippen LogP contribution in [0.25, 0.3) is 15.9 Å². The highest BCUT2D eigenvalue weighted by molar-refractivity contribution is 8.01. The molecule has 0 bridgehead atoms. The average Bonchev–Trinajstić information content (AvgIpc) is 3.24. The van der Waals surface area contributed by atoms with Crippen LogP contribution in [0.15, 0.2) is 86.1 Å². The highest BCUT2D eigenvalue weighted by Gasteiger charge is 2.16. The number of nitrogens with one attached hydrogen (secondary N) is 1. The summed E-state index contributed by atoms with van der Waals surface area (Å²) in [6.07, 6.45) is 3.03. The summed E-state index contributed by atoms with van der Waals surface area (Å²) < 4.78 is 3.27. The smallest absolute Gasteiger partial charge is 0.337 e. The molecule has 0 amide bonds. The number of benzene rings is 2. The van der Waals surface area contributed by atoms with E-state index >= 15 is 0 Å². The number of thiazole rings is 1. The zero-order valence-corrected chi connectivity index (χ0v) is 19.4. The number of carboxylic acids is 1. The van der Waals surface area contributed by atoms with Gasteiger partial charge < -0.3 is 5.11 Å². The van der Waals surface area contributed by atoms with Crippen molar-refractivity contribution in [3.05, 3.63) is 93.9 Å². The summed E-state index contributed by atoms with van der Waals surface area (Å²) in [5.74, 6) is -1.08. The number of nitrogens with zero attached hydrogens (tertiary/aromatic N) is 4. The van der Waals surface area contributed by atoms with Crippen LogP contribution in [-0.2, 0) is 0 Å². The van der Waals surface area contributed by atoms with Gasteiger partial charge in [0, 0.05) is 6.20 Å². The fraction of sp³-hybridized carbons (Fsp3) is 0.0417. The minimum atomic E-state index is -1.08. The number of carboxylic acid groups (broad SMARTS) is 1. The Morgan fingerprint density at radius 3 is 2.74 bits per heavy atom. The normalized spacial score (nSPS) is 11.4. The first kappa shape index (κ1) is 21.8. The molecule has 5 aromatic rings. The molecule has 8 nitrogen and oxygen atoms in total. The zero-order valence-electron chi connectivity index (χ0n) is 17.8. The maximum atomic E-state index is 13.4. The minimum Gasteiger partial charge on any atom is -0.478 e. The monoisotopic (exact) mass is 487 g/mol. The molecule has 0 saturated carbocycles. The minimum absolute atomic E-state index is 0.0766. The summed E-state index contributed by atoms with van der Waals surface area (Å²) >= 11 is 2.82. The molecule has 0 saturated heterocycles. The van der Waals surface area contributed by atoms with Crippen LogP contribution < -0.4 is 11.0 Å². The number of fused-ring (bicyclic) bond motifs is 2. The topological polar surface area (TPSA) is 109 Å². The molecular formula is C24H17N5O3S2. The number of aryl methyl sites for hydroxylation is 1. The van der Waals surface area contributed by atoms with Crippen molar-refractivity contribution in [2.75, 3.05) is 5.43 Å². The number of rotatable bonds is 6. The van der Waals surface area contributed by atoms with E-state index in [9.17, 15) is 14.7 Å².